The van der Waals surface area contributed by atoms with Gasteiger partial charge in [0.05, 0.1) is 41.4 Å². The Morgan fingerprint density at radius 1 is 1.07 bits per heavy atom. The van der Waals surface area contributed by atoms with E-state index in [0.29, 0.717) is 57.0 Å². The summed E-state index contributed by atoms with van der Waals surface area (Å²) in [5.74, 6) is 2.53. The Morgan fingerprint density at radius 3 is 2.49 bits per heavy atom. The molecular weight excluding hydrogens is 537 g/mol. The lowest BCUT2D eigenvalue weighted by molar-refractivity contribution is 0.00757. The highest BCUT2D eigenvalue weighted by Crippen LogP contribution is 2.54. The molecule has 4 aromatic rings. The highest BCUT2D eigenvalue weighted by Gasteiger charge is 2.48. The van der Waals surface area contributed by atoms with E-state index >= 15 is 0 Å². The first-order valence-corrected chi connectivity index (χ1v) is 15.0. The van der Waals surface area contributed by atoms with Gasteiger partial charge in [-0.15, -0.1) is 5.10 Å². The van der Waals surface area contributed by atoms with E-state index in [4.69, 9.17) is 11.6 Å². The number of nitriles is 1. The maximum Gasteiger partial charge on any atom is 0.123 e. The Bertz CT molecular complexity index is 1700. The lowest BCUT2D eigenvalue weighted by Gasteiger charge is -2.54. The number of fused-ring (bicyclic) bond motifs is 1. The van der Waals surface area contributed by atoms with Crippen LogP contribution in [0.15, 0.2) is 48.8 Å². The molecule has 41 heavy (non-hydrogen) atoms. The predicted octanol–water partition coefficient (Wildman–Crippen LogP) is 7.26. The van der Waals surface area contributed by atoms with Gasteiger partial charge in [-0.25, -0.2) is 9.07 Å². The number of hydrogen-bond donors (Lipinski definition) is 2. The molecule has 0 saturated heterocycles. The third-order valence-corrected chi connectivity index (χ3v) is 9.96. The van der Waals surface area contributed by atoms with Crippen LogP contribution < -0.4 is 10.6 Å². The first-order chi connectivity index (χ1) is 20.4. The first-order valence-electron chi connectivity index (χ1n) is 15.1. The number of hydrogen-bond acceptors (Lipinski definition) is 6. The largest absolute Gasteiger partial charge is 0.380 e. The van der Waals surface area contributed by atoms with Crippen molar-refractivity contribution in [2.45, 2.75) is 63.0 Å². The number of rotatable bonds is 7. The summed E-state index contributed by atoms with van der Waals surface area (Å²) in [6.45, 7) is 0. The number of nitrogens with one attached hydrogen (secondary N) is 2. The molecular formula is C32H31ClFN7. The molecule has 0 amide bonds. The molecule has 9 rings (SSSR count). The summed E-state index contributed by atoms with van der Waals surface area (Å²) in [7, 11) is 0. The average molecular weight is 569 g/mol. The lowest BCUT2D eigenvalue weighted by atomic mass is 9.54. The zero-order chi connectivity index (χ0) is 28.6. The average Bonchev–Trinajstić information content (AvgIpc) is 3.70. The summed E-state index contributed by atoms with van der Waals surface area (Å²) in [4.78, 5) is 4.55. The van der Waals surface area contributed by atoms with Crippen molar-refractivity contribution in [3.8, 4) is 6.07 Å². The van der Waals surface area contributed by atoms with Crippen molar-refractivity contribution < 1.29 is 5.76 Å². The van der Waals surface area contributed by atoms with Crippen LogP contribution in [0.3, 0.4) is 0 Å². The van der Waals surface area contributed by atoms with Crippen LogP contribution in [-0.4, -0.2) is 26.0 Å². The molecule has 5 aliphatic carbocycles. The third kappa shape index (κ3) is 4.51. The summed E-state index contributed by atoms with van der Waals surface area (Å²) >= 11 is 6.83. The van der Waals surface area contributed by atoms with Gasteiger partial charge in [-0.3, -0.25) is 4.98 Å². The number of anilines is 2. The van der Waals surface area contributed by atoms with E-state index in [2.05, 4.69) is 32.0 Å². The highest BCUT2D eigenvalue weighted by atomic mass is 35.5. The van der Waals surface area contributed by atoms with Crippen molar-refractivity contribution in [1.82, 2.24) is 20.0 Å². The molecule has 208 valence electrons. The molecule has 5 fully saturated rings. The number of nitrogens with zero attached hydrogens (tertiary/aromatic N) is 5. The molecule has 7 nitrogen and oxygen atoms in total. The van der Waals surface area contributed by atoms with E-state index in [-0.39, 0.29) is 5.82 Å². The van der Waals surface area contributed by atoms with Gasteiger partial charge in [0.2, 0.25) is 0 Å². The van der Waals surface area contributed by atoms with E-state index in [1.807, 2.05) is 6.07 Å². The van der Waals surface area contributed by atoms with Crippen molar-refractivity contribution in [2.75, 3.05) is 10.6 Å². The van der Waals surface area contributed by atoms with E-state index in [1.54, 1.807) is 35.3 Å². The molecule has 0 aliphatic heterocycles. The van der Waals surface area contributed by atoms with Gasteiger partial charge in [0.1, 0.15) is 17.6 Å². The van der Waals surface area contributed by atoms with Gasteiger partial charge in [0.25, 0.3) is 0 Å². The monoisotopic (exact) mass is 568 g/mol. The Morgan fingerprint density at radius 2 is 1.80 bits per heavy atom. The second-order valence-corrected chi connectivity index (χ2v) is 12.8. The summed E-state index contributed by atoms with van der Waals surface area (Å²) in [5, 5.41) is 27.1. The molecule has 1 atom stereocenters. The van der Waals surface area contributed by atoms with Crippen LogP contribution in [0.1, 0.15) is 75.2 Å². The second-order valence-electron chi connectivity index (χ2n) is 12.4. The smallest absolute Gasteiger partial charge is 0.123 e. The minimum atomic E-state index is -1.58. The molecule has 2 N–H and O–H groups in total. The van der Waals surface area contributed by atoms with Gasteiger partial charge in [0, 0.05) is 23.3 Å². The molecule has 5 saturated carbocycles. The third-order valence-electron chi connectivity index (χ3n) is 9.67. The highest BCUT2D eigenvalue weighted by molar-refractivity contribution is 6.35. The van der Waals surface area contributed by atoms with Crippen molar-refractivity contribution in [1.29, 1.82) is 5.26 Å². The van der Waals surface area contributed by atoms with E-state index in [9.17, 15) is 11.0 Å². The van der Waals surface area contributed by atoms with Crippen molar-refractivity contribution in [3.63, 3.8) is 0 Å². The van der Waals surface area contributed by atoms with Crippen molar-refractivity contribution in [3.05, 3.63) is 76.5 Å². The van der Waals surface area contributed by atoms with Crippen LogP contribution in [0.5, 0.6) is 0 Å². The minimum Gasteiger partial charge on any atom is -0.380 e. The van der Waals surface area contributed by atoms with Gasteiger partial charge in [-0.2, -0.15) is 5.26 Å². The van der Waals surface area contributed by atoms with E-state index < -0.39 is 6.02 Å². The fraction of sp³-hybridized carbons (Fsp3) is 0.438. The van der Waals surface area contributed by atoms with Gasteiger partial charge in [-0.1, -0.05) is 28.9 Å². The Labute approximate surface area is 244 Å². The first kappa shape index (κ1) is 24.0. The predicted molar refractivity (Wildman–Crippen MR) is 156 cm³/mol. The maximum atomic E-state index is 13.9. The Kier molecular flexibility index (Phi) is 5.66. The summed E-state index contributed by atoms with van der Waals surface area (Å²) in [5.41, 5.74) is 3.31. The number of pyridine rings is 1. The van der Waals surface area contributed by atoms with Gasteiger partial charge in [-0.05, 0) is 98.4 Å². The topological polar surface area (TPSA) is 91.5 Å². The molecule has 5 aliphatic rings. The zero-order valence-electron chi connectivity index (χ0n) is 23.5. The van der Waals surface area contributed by atoms with Crippen molar-refractivity contribution >= 4 is 33.9 Å². The molecule has 2 aromatic carbocycles. The lowest BCUT2D eigenvalue weighted by Crippen LogP contribution is -2.51. The molecule has 2 aromatic heterocycles. The van der Waals surface area contributed by atoms with Crippen LogP contribution >= 0.6 is 11.6 Å². The Balaban J connectivity index is 1.21. The SMILES string of the molecule is [2H]C(Nc1cc(Cl)c2ncc(C#N)c(NC3C4CC5CC(C4)CC3C5)c2c1)(c1ccc(F)cc1)c1cn(C2CC2)nn1. The molecule has 0 radical (unpaired) electrons. The van der Waals surface area contributed by atoms with Gasteiger partial charge >= 0.3 is 0 Å². The standard InChI is InChI=1S/C32H31ClFN7/c33-27-13-24(37-31(19-1-3-23(34)4-2-19)28-16-41(40-39-28)25-5-6-25)12-26-30(22(14-35)15-36-32(26)27)38-29-20-8-17-7-18(10-20)11-21(29)9-17/h1-4,12-13,15-18,20-21,25,29,31,37H,5-11H2,(H,36,38)/i31D. The molecule has 2 heterocycles. The fourth-order valence-corrected chi connectivity index (χ4v) is 8.12. The van der Waals surface area contributed by atoms with Crippen LogP contribution in [0, 0.1) is 40.8 Å². The normalized spacial score (nSPS) is 28.2. The molecule has 4 bridgehead atoms. The van der Waals surface area contributed by atoms with Crippen LogP contribution in [0.4, 0.5) is 15.8 Å². The second kappa shape index (κ2) is 9.70. The van der Waals surface area contributed by atoms with E-state index in [0.717, 1.165) is 35.8 Å². The number of benzene rings is 2. The number of halogens is 2. The van der Waals surface area contributed by atoms with E-state index in [1.165, 1.54) is 44.2 Å². The van der Waals surface area contributed by atoms with Crippen LogP contribution in [0.2, 0.25) is 5.02 Å². The van der Waals surface area contributed by atoms with Crippen molar-refractivity contribution in [2.24, 2.45) is 23.7 Å². The zero-order valence-corrected chi connectivity index (χ0v) is 23.3. The van der Waals surface area contributed by atoms with Gasteiger partial charge < -0.3 is 10.6 Å². The molecule has 0 spiro atoms. The fourth-order valence-electron chi connectivity index (χ4n) is 7.85. The summed E-state index contributed by atoms with van der Waals surface area (Å²) < 4.78 is 25.3. The summed E-state index contributed by atoms with van der Waals surface area (Å²) in [6.07, 6.45) is 11.9. The van der Waals surface area contributed by atoms with Crippen LogP contribution in [0.25, 0.3) is 10.9 Å². The molecule has 1 unspecified atom stereocenters. The maximum absolute atomic E-state index is 13.9. The Hall–Kier alpha value is -3.70. The summed E-state index contributed by atoms with van der Waals surface area (Å²) in [6, 6.07) is 10.9. The quantitative estimate of drug-likeness (QED) is 0.244. The number of aromatic nitrogens is 4. The van der Waals surface area contributed by atoms with Crippen LogP contribution in [-0.2, 0) is 0 Å². The molecule has 9 heteroatoms. The minimum absolute atomic E-state index is 0.299. The van der Waals surface area contributed by atoms with Gasteiger partial charge in [0.15, 0.2) is 0 Å².